The zero-order valence-corrected chi connectivity index (χ0v) is 14.5. The highest BCUT2D eigenvalue weighted by molar-refractivity contribution is 6.30. The first kappa shape index (κ1) is 16.4. The Bertz CT molecular complexity index is 774. The van der Waals surface area contributed by atoms with Crippen LogP contribution in [0.1, 0.15) is 6.42 Å². The van der Waals surface area contributed by atoms with E-state index < -0.39 is 29.5 Å². The highest BCUT2D eigenvalue weighted by Crippen LogP contribution is 2.56. The number of ether oxygens (including phenoxy) is 2. The fourth-order valence-electron chi connectivity index (χ4n) is 4.41. The van der Waals surface area contributed by atoms with Crippen molar-refractivity contribution in [2.75, 3.05) is 12.0 Å². The number of carbonyl (C=O) groups is 2. The van der Waals surface area contributed by atoms with E-state index in [1.807, 2.05) is 12.2 Å². The molecule has 3 aliphatic rings. The van der Waals surface area contributed by atoms with Crippen LogP contribution < -0.4 is 4.90 Å². The Morgan fingerprint density at radius 2 is 2.16 bits per heavy atom. The van der Waals surface area contributed by atoms with Gasteiger partial charge < -0.3 is 14.4 Å². The Hall–Kier alpha value is -2.11. The summed E-state index contributed by atoms with van der Waals surface area (Å²) >= 11 is 5.98. The molecule has 0 radical (unpaired) electrons. The Balaban J connectivity index is 1.81. The number of anilines is 1. The molecule has 5 nitrogen and oxygen atoms in total. The van der Waals surface area contributed by atoms with Crippen molar-refractivity contribution in [3.63, 3.8) is 0 Å². The maximum absolute atomic E-state index is 13.3. The highest BCUT2D eigenvalue weighted by Gasteiger charge is 2.71. The van der Waals surface area contributed by atoms with Crippen molar-refractivity contribution >= 4 is 29.2 Å². The maximum Gasteiger partial charge on any atom is 0.312 e. The Morgan fingerprint density at radius 3 is 2.80 bits per heavy atom. The number of amides is 1. The average Bonchev–Trinajstić information content (AvgIpc) is 3.25. The number of esters is 1. The number of rotatable bonds is 4. The van der Waals surface area contributed by atoms with Gasteiger partial charge >= 0.3 is 5.97 Å². The van der Waals surface area contributed by atoms with E-state index in [2.05, 4.69) is 6.58 Å². The van der Waals surface area contributed by atoms with Crippen molar-refractivity contribution in [1.29, 1.82) is 0 Å². The molecule has 0 aromatic heterocycles. The smallest absolute Gasteiger partial charge is 0.312 e. The molecular formula is C19H18ClNO4. The molecule has 1 spiro atoms. The summed E-state index contributed by atoms with van der Waals surface area (Å²) in [5, 5.41) is 0.596. The van der Waals surface area contributed by atoms with Crippen molar-refractivity contribution in [3.05, 3.63) is 54.1 Å². The first-order chi connectivity index (χ1) is 12.0. The Morgan fingerprint density at radius 1 is 1.44 bits per heavy atom. The number of benzene rings is 1. The van der Waals surface area contributed by atoms with E-state index in [-0.39, 0.29) is 11.9 Å². The van der Waals surface area contributed by atoms with Crippen LogP contribution in [0.25, 0.3) is 0 Å². The van der Waals surface area contributed by atoms with E-state index in [9.17, 15) is 9.59 Å². The van der Waals surface area contributed by atoms with Crippen LogP contribution in [0.5, 0.6) is 0 Å². The minimum atomic E-state index is -0.825. The lowest BCUT2D eigenvalue weighted by Crippen LogP contribution is -2.45. The van der Waals surface area contributed by atoms with Gasteiger partial charge in [-0.15, -0.1) is 6.58 Å². The molecule has 4 rings (SSSR count). The van der Waals surface area contributed by atoms with Crippen LogP contribution in [0.15, 0.2) is 49.1 Å². The zero-order chi connectivity index (χ0) is 17.8. The van der Waals surface area contributed by atoms with Crippen molar-refractivity contribution in [3.8, 4) is 0 Å². The number of carbonyl (C=O) groups excluding carboxylic acids is 2. The molecule has 5 unspecified atom stereocenters. The van der Waals surface area contributed by atoms with Crippen molar-refractivity contribution < 1.29 is 19.1 Å². The standard InChI is InChI=1S/C19H18ClNO4/c1-3-4-14-19-10-9-13(25-19)15(18(23)24-2)16(19)17(22)21(14)12-7-5-11(20)6-8-12/h3,5-10,13-16H,1,4H2,2H3. The zero-order valence-electron chi connectivity index (χ0n) is 13.7. The summed E-state index contributed by atoms with van der Waals surface area (Å²) in [4.78, 5) is 27.3. The van der Waals surface area contributed by atoms with Gasteiger partial charge in [-0.05, 0) is 30.7 Å². The highest BCUT2D eigenvalue weighted by atomic mass is 35.5. The molecule has 3 aliphatic heterocycles. The topological polar surface area (TPSA) is 55.8 Å². The molecule has 0 aliphatic carbocycles. The summed E-state index contributed by atoms with van der Waals surface area (Å²) in [6, 6.07) is 6.83. The van der Waals surface area contributed by atoms with Gasteiger partial charge in [0.15, 0.2) is 0 Å². The second-order valence-electron chi connectivity index (χ2n) is 6.55. The number of methoxy groups -OCH3 is 1. The van der Waals surface area contributed by atoms with Gasteiger partial charge in [0.25, 0.3) is 0 Å². The van der Waals surface area contributed by atoms with Gasteiger partial charge in [-0.1, -0.05) is 29.8 Å². The molecule has 5 atom stereocenters. The fourth-order valence-corrected chi connectivity index (χ4v) is 4.54. The summed E-state index contributed by atoms with van der Waals surface area (Å²) in [5.41, 5.74) is -0.0943. The van der Waals surface area contributed by atoms with Gasteiger partial charge in [0.05, 0.1) is 25.2 Å². The van der Waals surface area contributed by atoms with E-state index in [1.54, 1.807) is 35.2 Å². The molecule has 2 fully saturated rings. The van der Waals surface area contributed by atoms with Crippen molar-refractivity contribution in [2.45, 2.75) is 24.2 Å². The molecule has 1 amide bonds. The van der Waals surface area contributed by atoms with E-state index in [4.69, 9.17) is 21.1 Å². The van der Waals surface area contributed by atoms with E-state index in [1.165, 1.54) is 7.11 Å². The predicted molar refractivity (Wildman–Crippen MR) is 93.3 cm³/mol. The molecule has 130 valence electrons. The molecule has 25 heavy (non-hydrogen) atoms. The van der Waals surface area contributed by atoms with Gasteiger partial charge in [-0.25, -0.2) is 0 Å². The summed E-state index contributed by atoms with van der Waals surface area (Å²) in [5.74, 6) is -1.75. The van der Waals surface area contributed by atoms with Crippen LogP contribution in [-0.4, -0.2) is 36.7 Å². The third-order valence-corrected chi connectivity index (χ3v) is 5.64. The maximum atomic E-state index is 13.3. The van der Waals surface area contributed by atoms with Crippen molar-refractivity contribution in [1.82, 2.24) is 0 Å². The summed E-state index contributed by atoms with van der Waals surface area (Å²) in [6.07, 6.45) is 5.71. The molecule has 2 bridgehead atoms. The monoisotopic (exact) mass is 359 g/mol. The van der Waals surface area contributed by atoms with E-state index >= 15 is 0 Å². The van der Waals surface area contributed by atoms with Crippen molar-refractivity contribution in [2.24, 2.45) is 11.8 Å². The molecule has 3 heterocycles. The lowest BCUT2D eigenvalue weighted by Gasteiger charge is -2.32. The molecule has 0 N–H and O–H groups in total. The number of nitrogens with zero attached hydrogens (tertiary/aromatic N) is 1. The second kappa shape index (κ2) is 5.71. The fraction of sp³-hybridized carbons (Fsp3) is 0.368. The van der Waals surface area contributed by atoms with E-state index in [0.717, 1.165) is 5.69 Å². The predicted octanol–water partition coefficient (Wildman–Crippen LogP) is 2.74. The third kappa shape index (κ3) is 2.12. The first-order valence-corrected chi connectivity index (χ1v) is 8.56. The molecular weight excluding hydrogens is 342 g/mol. The van der Waals surface area contributed by atoms with Crippen LogP contribution in [-0.2, 0) is 19.1 Å². The first-order valence-electron chi connectivity index (χ1n) is 8.18. The molecule has 1 aromatic carbocycles. The summed E-state index contributed by atoms with van der Waals surface area (Å²) < 4.78 is 11.1. The minimum Gasteiger partial charge on any atom is -0.469 e. The summed E-state index contributed by atoms with van der Waals surface area (Å²) in [7, 11) is 1.34. The Kier molecular flexibility index (Phi) is 3.74. The number of halogens is 1. The van der Waals surface area contributed by atoms with Gasteiger partial charge in [0, 0.05) is 10.7 Å². The number of hydrogen-bond donors (Lipinski definition) is 0. The largest absolute Gasteiger partial charge is 0.469 e. The normalized spacial score (nSPS) is 35.1. The molecule has 2 saturated heterocycles. The van der Waals surface area contributed by atoms with Gasteiger partial charge in [0.2, 0.25) is 5.91 Å². The lowest BCUT2D eigenvalue weighted by molar-refractivity contribution is -0.149. The SMILES string of the molecule is C=CCC1N(c2ccc(Cl)cc2)C(=O)C2C(C(=O)OC)C3C=CC21O3. The number of fused-ring (bicyclic) bond motifs is 1. The minimum absolute atomic E-state index is 0.128. The summed E-state index contributed by atoms with van der Waals surface area (Å²) in [6.45, 7) is 3.82. The Labute approximate surface area is 150 Å². The van der Waals surface area contributed by atoms with Crippen LogP contribution >= 0.6 is 11.6 Å². The van der Waals surface area contributed by atoms with Gasteiger partial charge in [-0.3, -0.25) is 9.59 Å². The number of hydrogen-bond acceptors (Lipinski definition) is 4. The van der Waals surface area contributed by atoms with E-state index in [0.29, 0.717) is 11.4 Å². The quantitative estimate of drug-likeness (QED) is 0.612. The van der Waals surface area contributed by atoms with Crippen LogP contribution in [0.2, 0.25) is 5.02 Å². The second-order valence-corrected chi connectivity index (χ2v) is 6.98. The molecule has 1 aromatic rings. The van der Waals surface area contributed by atoms with Crippen LogP contribution in [0, 0.1) is 11.8 Å². The molecule has 0 saturated carbocycles. The van der Waals surface area contributed by atoms with Gasteiger partial charge in [0.1, 0.15) is 11.5 Å². The van der Waals surface area contributed by atoms with Crippen LogP contribution in [0.4, 0.5) is 5.69 Å². The lowest BCUT2D eigenvalue weighted by atomic mass is 9.74. The molecule has 6 heteroatoms. The van der Waals surface area contributed by atoms with Crippen LogP contribution in [0.3, 0.4) is 0 Å². The average molecular weight is 360 g/mol. The van der Waals surface area contributed by atoms with Gasteiger partial charge in [-0.2, -0.15) is 0 Å². The third-order valence-electron chi connectivity index (χ3n) is 5.39.